The number of hydrogen-bond acceptors (Lipinski definition) is 3. The standard InChI is InChI=1S/C16H20F2N4/c17-16(18)22-7-6-20-15(22)11-21-9-13(8-19)14(10-21)12-4-2-1-3-5-12/h1-7,13-14,16H,8-11,19H2/t13-,14+/m1/s1. The number of hydrogen-bond donors (Lipinski definition) is 1. The third-order valence-corrected chi connectivity index (χ3v) is 4.37. The Hall–Kier alpha value is -1.79. The summed E-state index contributed by atoms with van der Waals surface area (Å²) in [5, 5.41) is 0. The highest BCUT2D eigenvalue weighted by molar-refractivity contribution is 5.22. The Morgan fingerprint density at radius 2 is 2.00 bits per heavy atom. The zero-order valence-corrected chi connectivity index (χ0v) is 12.3. The van der Waals surface area contributed by atoms with Crippen molar-refractivity contribution in [1.82, 2.24) is 14.5 Å². The Morgan fingerprint density at radius 1 is 1.23 bits per heavy atom. The van der Waals surface area contributed by atoms with Crippen molar-refractivity contribution in [2.75, 3.05) is 19.6 Å². The molecule has 118 valence electrons. The van der Waals surface area contributed by atoms with Gasteiger partial charge in [-0.2, -0.15) is 8.78 Å². The van der Waals surface area contributed by atoms with Crippen LogP contribution in [-0.2, 0) is 6.54 Å². The molecule has 1 aromatic carbocycles. The molecule has 1 aliphatic heterocycles. The minimum absolute atomic E-state index is 0.345. The number of nitrogens with zero attached hydrogens (tertiary/aromatic N) is 3. The molecular formula is C16H20F2N4. The molecule has 3 rings (SSSR count). The minimum atomic E-state index is -2.55. The predicted molar refractivity (Wildman–Crippen MR) is 80.5 cm³/mol. The number of imidazole rings is 1. The molecule has 0 bridgehead atoms. The smallest absolute Gasteiger partial charge is 0.319 e. The van der Waals surface area contributed by atoms with Crippen LogP contribution in [0.3, 0.4) is 0 Å². The average Bonchev–Trinajstić information content (AvgIpc) is 3.15. The number of benzene rings is 1. The Labute approximate surface area is 128 Å². The highest BCUT2D eigenvalue weighted by Crippen LogP contribution is 2.32. The van der Waals surface area contributed by atoms with Gasteiger partial charge in [-0.1, -0.05) is 30.3 Å². The van der Waals surface area contributed by atoms with E-state index in [1.54, 1.807) is 0 Å². The van der Waals surface area contributed by atoms with Gasteiger partial charge >= 0.3 is 6.55 Å². The van der Waals surface area contributed by atoms with Crippen LogP contribution >= 0.6 is 0 Å². The van der Waals surface area contributed by atoms with Gasteiger partial charge in [-0.25, -0.2) is 4.98 Å². The van der Waals surface area contributed by atoms with Crippen molar-refractivity contribution in [2.45, 2.75) is 19.0 Å². The molecule has 4 nitrogen and oxygen atoms in total. The lowest BCUT2D eigenvalue weighted by Gasteiger charge is -2.17. The fraction of sp³-hybridized carbons (Fsp3) is 0.438. The van der Waals surface area contributed by atoms with E-state index in [-0.39, 0.29) is 0 Å². The van der Waals surface area contributed by atoms with Crippen LogP contribution in [0.4, 0.5) is 8.78 Å². The second kappa shape index (κ2) is 6.54. The molecular weight excluding hydrogens is 286 g/mol. The van der Waals surface area contributed by atoms with Crippen LogP contribution < -0.4 is 5.73 Å². The second-order valence-electron chi connectivity index (χ2n) is 5.74. The van der Waals surface area contributed by atoms with Crippen molar-refractivity contribution in [2.24, 2.45) is 11.7 Å². The summed E-state index contributed by atoms with van der Waals surface area (Å²) in [7, 11) is 0. The molecule has 0 amide bonds. The molecule has 2 atom stereocenters. The van der Waals surface area contributed by atoms with Gasteiger partial charge in [-0.15, -0.1) is 0 Å². The lowest BCUT2D eigenvalue weighted by molar-refractivity contribution is 0.0644. The fourth-order valence-electron chi connectivity index (χ4n) is 3.25. The van der Waals surface area contributed by atoms with Gasteiger partial charge in [0.1, 0.15) is 5.82 Å². The first-order chi connectivity index (χ1) is 10.7. The van der Waals surface area contributed by atoms with Gasteiger partial charge in [-0.3, -0.25) is 9.47 Å². The third kappa shape index (κ3) is 3.03. The van der Waals surface area contributed by atoms with Gasteiger partial charge in [0.15, 0.2) is 0 Å². The molecule has 0 radical (unpaired) electrons. The van der Waals surface area contributed by atoms with E-state index >= 15 is 0 Å². The van der Waals surface area contributed by atoms with Crippen molar-refractivity contribution in [3.8, 4) is 0 Å². The van der Waals surface area contributed by atoms with E-state index in [1.807, 2.05) is 18.2 Å². The molecule has 0 saturated carbocycles. The van der Waals surface area contributed by atoms with Crippen LogP contribution in [0.25, 0.3) is 0 Å². The molecule has 2 heterocycles. The van der Waals surface area contributed by atoms with Crippen LogP contribution in [0.15, 0.2) is 42.7 Å². The predicted octanol–water partition coefficient (Wildman–Crippen LogP) is 2.45. The maximum absolute atomic E-state index is 12.9. The van der Waals surface area contributed by atoms with E-state index in [4.69, 9.17) is 5.73 Å². The van der Waals surface area contributed by atoms with Crippen LogP contribution in [0, 0.1) is 5.92 Å². The largest absolute Gasteiger partial charge is 0.330 e. The summed E-state index contributed by atoms with van der Waals surface area (Å²) in [6.45, 7) is 0.111. The first kappa shape index (κ1) is 15.1. The fourth-order valence-corrected chi connectivity index (χ4v) is 3.25. The first-order valence-corrected chi connectivity index (χ1v) is 7.46. The molecule has 22 heavy (non-hydrogen) atoms. The van der Waals surface area contributed by atoms with E-state index in [0.29, 0.717) is 30.7 Å². The molecule has 1 saturated heterocycles. The minimum Gasteiger partial charge on any atom is -0.330 e. The molecule has 1 aromatic heterocycles. The number of aromatic nitrogens is 2. The zero-order chi connectivity index (χ0) is 15.5. The molecule has 1 fully saturated rings. The molecule has 0 aliphatic carbocycles. The number of alkyl halides is 2. The summed E-state index contributed by atoms with van der Waals surface area (Å²) < 4.78 is 26.7. The van der Waals surface area contributed by atoms with Crippen molar-refractivity contribution in [1.29, 1.82) is 0 Å². The lowest BCUT2D eigenvalue weighted by Crippen LogP contribution is -2.24. The van der Waals surface area contributed by atoms with Gasteiger partial charge in [-0.05, 0) is 18.0 Å². The van der Waals surface area contributed by atoms with Crippen LogP contribution in [-0.4, -0.2) is 34.1 Å². The lowest BCUT2D eigenvalue weighted by atomic mass is 9.89. The van der Waals surface area contributed by atoms with Crippen molar-refractivity contribution < 1.29 is 8.78 Å². The molecule has 0 spiro atoms. The quantitative estimate of drug-likeness (QED) is 0.923. The van der Waals surface area contributed by atoms with E-state index in [1.165, 1.54) is 18.0 Å². The van der Waals surface area contributed by atoms with Gasteiger partial charge in [0.05, 0.1) is 6.54 Å². The summed E-state index contributed by atoms with van der Waals surface area (Å²) in [6.07, 6.45) is 2.75. The summed E-state index contributed by atoms with van der Waals surface area (Å²) >= 11 is 0. The van der Waals surface area contributed by atoms with E-state index < -0.39 is 6.55 Å². The topological polar surface area (TPSA) is 47.1 Å². The Kier molecular flexibility index (Phi) is 4.49. The monoisotopic (exact) mass is 306 g/mol. The van der Waals surface area contributed by atoms with Crippen LogP contribution in [0.1, 0.15) is 23.9 Å². The molecule has 2 aromatic rings. The van der Waals surface area contributed by atoms with E-state index in [2.05, 4.69) is 22.0 Å². The summed E-state index contributed by atoms with van der Waals surface area (Å²) in [6, 6.07) is 10.3. The second-order valence-corrected chi connectivity index (χ2v) is 5.74. The number of halogens is 2. The van der Waals surface area contributed by atoms with Gasteiger partial charge in [0.2, 0.25) is 0 Å². The number of nitrogens with two attached hydrogens (primary N) is 1. The van der Waals surface area contributed by atoms with E-state index in [0.717, 1.165) is 17.7 Å². The highest BCUT2D eigenvalue weighted by Gasteiger charge is 2.33. The van der Waals surface area contributed by atoms with Crippen molar-refractivity contribution in [3.05, 3.63) is 54.1 Å². The summed E-state index contributed by atoms with van der Waals surface area (Å²) in [4.78, 5) is 6.22. The van der Waals surface area contributed by atoms with Crippen molar-refractivity contribution in [3.63, 3.8) is 0 Å². The molecule has 1 aliphatic rings. The van der Waals surface area contributed by atoms with Crippen molar-refractivity contribution >= 4 is 0 Å². The molecule has 2 N–H and O–H groups in total. The number of rotatable bonds is 5. The highest BCUT2D eigenvalue weighted by atomic mass is 19.3. The van der Waals surface area contributed by atoms with E-state index in [9.17, 15) is 8.78 Å². The third-order valence-electron chi connectivity index (χ3n) is 4.37. The average molecular weight is 306 g/mol. The van der Waals surface area contributed by atoms with Gasteiger partial charge < -0.3 is 5.73 Å². The Balaban J connectivity index is 1.73. The molecule has 6 heteroatoms. The summed E-state index contributed by atoms with van der Waals surface area (Å²) in [5.41, 5.74) is 7.17. The van der Waals surface area contributed by atoms with Gasteiger partial charge in [0, 0.05) is 31.4 Å². The Bertz CT molecular complexity index is 599. The molecule has 0 unspecified atom stereocenters. The maximum Gasteiger partial charge on any atom is 0.319 e. The first-order valence-electron chi connectivity index (χ1n) is 7.46. The normalized spacial score (nSPS) is 22.5. The SMILES string of the molecule is NC[C@@H]1CN(Cc2nccn2C(F)F)C[C@H]1c1ccccc1. The summed E-state index contributed by atoms with van der Waals surface area (Å²) in [5.74, 6) is 1.10. The van der Waals surface area contributed by atoms with Crippen LogP contribution in [0.5, 0.6) is 0 Å². The maximum atomic E-state index is 12.9. The Morgan fingerprint density at radius 3 is 2.68 bits per heavy atom. The van der Waals surface area contributed by atoms with Crippen LogP contribution in [0.2, 0.25) is 0 Å². The van der Waals surface area contributed by atoms with Gasteiger partial charge in [0.25, 0.3) is 0 Å². The zero-order valence-electron chi connectivity index (χ0n) is 12.3. The number of likely N-dealkylation sites (tertiary alicyclic amines) is 1.